The van der Waals surface area contributed by atoms with Crippen LogP contribution in [-0.4, -0.2) is 14.8 Å². The minimum atomic E-state index is -3.11. The summed E-state index contributed by atoms with van der Waals surface area (Å²) in [6.45, 7) is 0.731. The lowest BCUT2D eigenvalue weighted by Crippen LogP contribution is -2.06. The fourth-order valence-electron chi connectivity index (χ4n) is 2.18. The molecule has 2 heterocycles. The third kappa shape index (κ3) is 3.48. The quantitative estimate of drug-likeness (QED) is 0.652. The van der Waals surface area contributed by atoms with E-state index < -0.39 is 11.7 Å². The van der Waals surface area contributed by atoms with Crippen LogP contribution < -0.4 is 4.74 Å². The van der Waals surface area contributed by atoms with Crippen LogP contribution in [0.5, 0.6) is 11.6 Å². The van der Waals surface area contributed by atoms with Crippen molar-refractivity contribution in [2.24, 2.45) is 0 Å². The minimum absolute atomic E-state index is 0.0202. The first kappa shape index (κ1) is 17.8. The van der Waals surface area contributed by atoms with Gasteiger partial charge in [0, 0.05) is 19.3 Å². The number of benzene rings is 1. The number of nitriles is 1. The van der Waals surface area contributed by atoms with Gasteiger partial charge >= 0.3 is 0 Å². The normalized spacial score (nSPS) is 11.2. The SMILES string of the molecule is CC(F)(F)c1cnn(-c2c(C#N)cccc2Oc2ncc(Cl)cc2F)c1. The van der Waals surface area contributed by atoms with E-state index in [1.807, 2.05) is 6.07 Å². The number of rotatable bonds is 4. The second-order valence-electron chi connectivity index (χ2n) is 5.37. The highest BCUT2D eigenvalue weighted by Crippen LogP contribution is 2.33. The summed E-state index contributed by atoms with van der Waals surface area (Å²) < 4.78 is 47.4. The Balaban J connectivity index is 2.10. The van der Waals surface area contributed by atoms with Crippen molar-refractivity contribution >= 4 is 11.6 Å². The third-order valence-corrected chi connectivity index (χ3v) is 3.63. The molecule has 5 nitrogen and oxygen atoms in total. The van der Waals surface area contributed by atoms with Crippen molar-refractivity contribution in [3.8, 4) is 23.4 Å². The summed E-state index contributed by atoms with van der Waals surface area (Å²) in [6, 6.07) is 7.35. The van der Waals surface area contributed by atoms with Gasteiger partial charge in [-0.2, -0.15) is 10.4 Å². The van der Waals surface area contributed by atoms with Crippen LogP contribution in [0.2, 0.25) is 5.02 Å². The molecule has 0 saturated heterocycles. The van der Waals surface area contributed by atoms with Gasteiger partial charge in [-0.1, -0.05) is 17.7 Å². The number of hydrogen-bond donors (Lipinski definition) is 0. The second-order valence-corrected chi connectivity index (χ2v) is 5.81. The summed E-state index contributed by atoms with van der Waals surface area (Å²) in [6.07, 6.45) is 3.26. The number of alkyl halides is 2. The van der Waals surface area contributed by atoms with Crippen molar-refractivity contribution in [1.82, 2.24) is 14.8 Å². The molecule has 3 rings (SSSR count). The summed E-state index contributed by atoms with van der Waals surface area (Å²) >= 11 is 5.65. The lowest BCUT2D eigenvalue weighted by atomic mass is 10.1. The summed E-state index contributed by atoms with van der Waals surface area (Å²) in [4.78, 5) is 3.75. The van der Waals surface area contributed by atoms with Gasteiger partial charge in [0.1, 0.15) is 11.8 Å². The zero-order valence-electron chi connectivity index (χ0n) is 13.3. The zero-order valence-corrected chi connectivity index (χ0v) is 14.0. The average molecular weight is 379 g/mol. The van der Waals surface area contributed by atoms with Crippen molar-refractivity contribution in [1.29, 1.82) is 5.26 Å². The van der Waals surface area contributed by atoms with Gasteiger partial charge in [0.2, 0.25) is 0 Å². The Kier molecular flexibility index (Phi) is 4.57. The van der Waals surface area contributed by atoms with Crippen molar-refractivity contribution in [3.63, 3.8) is 0 Å². The molecule has 0 spiro atoms. The highest BCUT2D eigenvalue weighted by atomic mass is 35.5. The summed E-state index contributed by atoms with van der Waals surface area (Å²) in [5, 5.41) is 13.3. The first-order chi connectivity index (χ1) is 12.3. The number of halogens is 4. The van der Waals surface area contributed by atoms with Crippen molar-refractivity contribution in [2.75, 3.05) is 0 Å². The Labute approximate surface area is 151 Å². The largest absolute Gasteiger partial charge is 0.434 e. The maximum absolute atomic E-state index is 14.0. The molecule has 3 aromatic rings. The van der Waals surface area contributed by atoms with E-state index in [9.17, 15) is 18.4 Å². The average Bonchev–Trinajstić information content (AvgIpc) is 3.07. The number of ether oxygens (including phenoxy) is 1. The number of hydrogen-bond acceptors (Lipinski definition) is 4. The molecule has 0 aliphatic heterocycles. The maximum atomic E-state index is 14.0. The monoisotopic (exact) mass is 378 g/mol. The Bertz CT molecular complexity index is 1010. The summed E-state index contributed by atoms with van der Waals surface area (Å²) in [5.74, 6) is -4.28. The Morgan fingerprint density at radius 2 is 2.08 bits per heavy atom. The molecule has 0 N–H and O–H groups in total. The minimum Gasteiger partial charge on any atom is -0.434 e. The summed E-state index contributed by atoms with van der Waals surface area (Å²) in [5.41, 5.74) is -0.153. The van der Waals surface area contributed by atoms with Crippen LogP contribution in [0.4, 0.5) is 13.2 Å². The smallest absolute Gasteiger partial charge is 0.273 e. The molecule has 0 aliphatic carbocycles. The van der Waals surface area contributed by atoms with Gasteiger partial charge in [0.25, 0.3) is 11.8 Å². The standard InChI is InChI=1S/C17H10ClF3N4O/c1-17(20,21)11-7-24-25(9-11)15-10(6-22)3-2-4-14(15)26-16-13(19)5-12(18)8-23-16/h2-5,7-9H,1H3. The van der Waals surface area contributed by atoms with E-state index in [-0.39, 0.29) is 33.5 Å². The molecule has 0 radical (unpaired) electrons. The van der Waals surface area contributed by atoms with E-state index in [1.54, 1.807) is 0 Å². The first-order valence-corrected chi connectivity index (χ1v) is 7.62. The molecule has 0 aliphatic rings. The van der Waals surface area contributed by atoms with Gasteiger partial charge in [-0.3, -0.25) is 0 Å². The molecule has 0 amide bonds. The lowest BCUT2D eigenvalue weighted by Gasteiger charge is -2.12. The second kappa shape index (κ2) is 6.69. The molecule has 0 unspecified atom stereocenters. The van der Waals surface area contributed by atoms with Crippen LogP contribution in [0, 0.1) is 17.1 Å². The van der Waals surface area contributed by atoms with Gasteiger partial charge in [-0.25, -0.2) is 22.8 Å². The summed E-state index contributed by atoms with van der Waals surface area (Å²) in [7, 11) is 0. The van der Waals surface area contributed by atoms with Crippen molar-refractivity contribution < 1.29 is 17.9 Å². The van der Waals surface area contributed by atoms with Gasteiger partial charge in [0.05, 0.1) is 22.3 Å². The fourth-order valence-corrected chi connectivity index (χ4v) is 2.33. The van der Waals surface area contributed by atoms with Crippen LogP contribution in [0.3, 0.4) is 0 Å². The van der Waals surface area contributed by atoms with Gasteiger partial charge in [-0.15, -0.1) is 0 Å². The topological polar surface area (TPSA) is 63.7 Å². The number of para-hydroxylation sites is 1. The molecule has 132 valence electrons. The number of aromatic nitrogens is 3. The van der Waals surface area contributed by atoms with E-state index in [0.29, 0.717) is 0 Å². The van der Waals surface area contributed by atoms with E-state index in [0.717, 1.165) is 30.1 Å². The molecule has 0 bridgehead atoms. The van der Waals surface area contributed by atoms with Crippen LogP contribution in [0.1, 0.15) is 18.1 Å². The molecule has 2 aromatic heterocycles. The van der Waals surface area contributed by atoms with E-state index in [2.05, 4.69) is 10.1 Å². The van der Waals surface area contributed by atoms with Gasteiger partial charge in [-0.05, 0) is 18.2 Å². The Hall–Kier alpha value is -3.05. The molecule has 1 aromatic carbocycles. The molecule has 0 saturated carbocycles. The molecule has 0 fully saturated rings. The van der Waals surface area contributed by atoms with E-state index >= 15 is 0 Å². The van der Waals surface area contributed by atoms with Gasteiger partial charge < -0.3 is 4.74 Å². The van der Waals surface area contributed by atoms with Crippen molar-refractivity contribution in [2.45, 2.75) is 12.8 Å². The van der Waals surface area contributed by atoms with Crippen LogP contribution in [0.15, 0.2) is 42.9 Å². The Morgan fingerprint density at radius 1 is 1.31 bits per heavy atom. The molecular weight excluding hydrogens is 369 g/mol. The highest BCUT2D eigenvalue weighted by molar-refractivity contribution is 6.30. The van der Waals surface area contributed by atoms with Crippen LogP contribution in [0.25, 0.3) is 5.69 Å². The zero-order chi connectivity index (χ0) is 18.9. The molecule has 0 atom stereocenters. The number of pyridine rings is 1. The predicted molar refractivity (Wildman–Crippen MR) is 87.1 cm³/mol. The molecular formula is C17H10ClF3N4O. The lowest BCUT2D eigenvalue weighted by molar-refractivity contribution is 0.0174. The van der Waals surface area contributed by atoms with Gasteiger partial charge in [0.15, 0.2) is 11.6 Å². The van der Waals surface area contributed by atoms with Crippen molar-refractivity contribution in [3.05, 3.63) is 64.8 Å². The first-order valence-electron chi connectivity index (χ1n) is 7.25. The van der Waals surface area contributed by atoms with E-state index in [4.69, 9.17) is 16.3 Å². The predicted octanol–water partition coefficient (Wildman–Crippen LogP) is 4.84. The molecule has 26 heavy (non-hydrogen) atoms. The van der Waals surface area contributed by atoms with Crippen LogP contribution in [-0.2, 0) is 5.92 Å². The Morgan fingerprint density at radius 3 is 2.69 bits per heavy atom. The fraction of sp³-hybridized carbons (Fsp3) is 0.118. The number of nitrogens with zero attached hydrogens (tertiary/aromatic N) is 4. The third-order valence-electron chi connectivity index (χ3n) is 3.42. The van der Waals surface area contributed by atoms with Crippen LogP contribution >= 0.6 is 11.6 Å². The highest BCUT2D eigenvalue weighted by Gasteiger charge is 2.27. The maximum Gasteiger partial charge on any atom is 0.273 e. The molecule has 9 heteroatoms. The van der Waals surface area contributed by atoms with E-state index in [1.165, 1.54) is 24.4 Å².